The Balaban J connectivity index is 1.46. The van der Waals surface area contributed by atoms with Crippen LogP contribution in [0.1, 0.15) is 20.3 Å². The van der Waals surface area contributed by atoms with Crippen molar-refractivity contribution in [2.75, 3.05) is 55.6 Å². The number of urea groups is 2. The molecule has 49 heavy (non-hydrogen) atoms. The van der Waals surface area contributed by atoms with Gasteiger partial charge in [-0.25, -0.2) is 9.59 Å². The molecule has 0 saturated carbocycles. The third kappa shape index (κ3) is 8.92. The third-order valence-electron chi connectivity index (χ3n) is 8.59. The van der Waals surface area contributed by atoms with E-state index in [4.69, 9.17) is 23.2 Å². The molecular formula is C38H42Cl2N6O3. The fraction of sp³-hybridized carbons (Fsp3) is 0.289. The molecule has 0 aromatic heterocycles. The van der Waals surface area contributed by atoms with Gasteiger partial charge in [-0.3, -0.25) is 14.6 Å². The second-order valence-electron chi connectivity index (χ2n) is 11.7. The number of amides is 5. The summed E-state index contributed by atoms with van der Waals surface area (Å²) in [4.78, 5) is 51.7. The molecule has 1 aliphatic heterocycles. The lowest BCUT2D eigenvalue weighted by Crippen LogP contribution is -2.64. The maximum atomic E-state index is 14.6. The fourth-order valence-electron chi connectivity index (χ4n) is 5.98. The van der Waals surface area contributed by atoms with E-state index in [1.54, 1.807) is 56.0 Å². The van der Waals surface area contributed by atoms with Gasteiger partial charge in [-0.05, 0) is 86.7 Å². The SMILES string of the molecule is CCN(CC)CCCNC(=O)C1CN(C(=O)N(c2ccccc2)c2cccc(Cl)c2)CCN1C(=O)N(c1ccccc1)c1cccc(Cl)c1. The molecule has 5 rings (SSSR count). The van der Waals surface area contributed by atoms with E-state index in [-0.39, 0.29) is 31.6 Å². The maximum absolute atomic E-state index is 14.6. The summed E-state index contributed by atoms with van der Waals surface area (Å²) in [5.74, 6) is -0.321. The van der Waals surface area contributed by atoms with E-state index in [9.17, 15) is 14.4 Å². The molecule has 1 aliphatic rings. The number of rotatable bonds is 11. The van der Waals surface area contributed by atoms with Crippen LogP contribution in [0.2, 0.25) is 10.0 Å². The van der Waals surface area contributed by atoms with Crippen LogP contribution in [0.25, 0.3) is 0 Å². The highest BCUT2D eigenvalue weighted by Gasteiger charge is 2.40. The summed E-state index contributed by atoms with van der Waals surface area (Å²) in [5, 5.41) is 4.03. The van der Waals surface area contributed by atoms with Crippen LogP contribution < -0.4 is 15.1 Å². The van der Waals surface area contributed by atoms with Crippen LogP contribution in [0.5, 0.6) is 0 Å². The van der Waals surface area contributed by atoms with Gasteiger partial charge in [0.15, 0.2) is 0 Å². The number of nitrogens with one attached hydrogen (secondary N) is 1. The van der Waals surface area contributed by atoms with Crippen LogP contribution in [-0.4, -0.2) is 84.5 Å². The van der Waals surface area contributed by atoms with Crippen molar-refractivity contribution in [3.05, 3.63) is 119 Å². The Morgan fingerprint density at radius 3 is 1.71 bits per heavy atom. The second kappa shape index (κ2) is 17.2. The van der Waals surface area contributed by atoms with Gasteiger partial charge >= 0.3 is 12.1 Å². The fourth-order valence-corrected chi connectivity index (χ4v) is 6.35. The molecule has 0 radical (unpaired) electrons. The molecule has 0 aliphatic carbocycles. The van der Waals surface area contributed by atoms with Gasteiger partial charge < -0.3 is 20.0 Å². The summed E-state index contributed by atoms with van der Waals surface area (Å²) >= 11 is 12.7. The van der Waals surface area contributed by atoms with Crippen molar-refractivity contribution in [3.63, 3.8) is 0 Å². The Kier molecular flexibility index (Phi) is 12.5. The first-order valence-electron chi connectivity index (χ1n) is 16.6. The highest BCUT2D eigenvalue weighted by atomic mass is 35.5. The minimum atomic E-state index is -0.957. The second-order valence-corrected chi connectivity index (χ2v) is 12.6. The Morgan fingerprint density at radius 1 is 0.694 bits per heavy atom. The summed E-state index contributed by atoms with van der Waals surface area (Å²) in [5.41, 5.74) is 2.44. The predicted octanol–water partition coefficient (Wildman–Crippen LogP) is 8.04. The average molecular weight is 702 g/mol. The summed E-state index contributed by atoms with van der Waals surface area (Å²) in [6, 6.07) is 31.0. The molecule has 1 fully saturated rings. The van der Waals surface area contributed by atoms with Gasteiger partial charge in [0, 0.05) is 29.7 Å². The first kappa shape index (κ1) is 35.7. The van der Waals surface area contributed by atoms with Gasteiger partial charge in [-0.2, -0.15) is 0 Å². The van der Waals surface area contributed by atoms with Crippen molar-refractivity contribution in [1.82, 2.24) is 20.0 Å². The number of anilines is 4. The first-order chi connectivity index (χ1) is 23.8. The monoisotopic (exact) mass is 700 g/mol. The molecule has 1 N–H and O–H groups in total. The summed E-state index contributed by atoms with van der Waals surface area (Å²) in [7, 11) is 0. The molecule has 0 bridgehead atoms. The molecule has 1 heterocycles. The van der Waals surface area contributed by atoms with Crippen molar-refractivity contribution in [2.24, 2.45) is 0 Å². The maximum Gasteiger partial charge on any atom is 0.329 e. The zero-order valence-corrected chi connectivity index (χ0v) is 29.4. The lowest BCUT2D eigenvalue weighted by Gasteiger charge is -2.43. The molecule has 256 valence electrons. The molecule has 0 spiro atoms. The normalized spacial score (nSPS) is 14.4. The molecule has 1 saturated heterocycles. The largest absolute Gasteiger partial charge is 0.354 e. The van der Waals surface area contributed by atoms with Crippen LogP contribution in [0.4, 0.5) is 32.3 Å². The third-order valence-corrected chi connectivity index (χ3v) is 9.06. The molecule has 1 atom stereocenters. The van der Waals surface area contributed by atoms with E-state index in [0.717, 1.165) is 26.1 Å². The smallest absolute Gasteiger partial charge is 0.329 e. The summed E-state index contributed by atoms with van der Waals surface area (Å²) in [6.45, 7) is 7.69. The number of hydrogen-bond donors (Lipinski definition) is 1. The van der Waals surface area contributed by atoms with Crippen molar-refractivity contribution < 1.29 is 14.4 Å². The topological polar surface area (TPSA) is 79.4 Å². The highest BCUT2D eigenvalue weighted by Crippen LogP contribution is 2.32. The lowest BCUT2D eigenvalue weighted by atomic mass is 10.1. The predicted molar refractivity (Wildman–Crippen MR) is 198 cm³/mol. The Labute approximate surface area is 298 Å². The van der Waals surface area contributed by atoms with Crippen LogP contribution >= 0.6 is 23.2 Å². The van der Waals surface area contributed by atoms with E-state index in [0.29, 0.717) is 39.3 Å². The zero-order chi connectivity index (χ0) is 34.8. The number of carbonyl (C=O) groups excluding carboxylic acids is 3. The van der Waals surface area contributed by atoms with Gasteiger partial charge in [0.25, 0.3) is 0 Å². The number of para-hydroxylation sites is 2. The minimum absolute atomic E-state index is 0.00543. The van der Waals surface area contributed by atoms with E-state index >= 15 is 0 Å². The van der Waals surface area contributed by atoms with Gasteiger partial charge in [0.2, 0.25) is 5.91 Å². The Bertz CT molecular complexity index is 1710. The summed E-state index contributed by atoms with van der Waals surface area (Å²) in [6.07, 6.45) is 0.756. The van der Waals surface area contributed by atoms with E-state index < -0.39 is 12.1 Å². The molecule has 4 aromatic carbocycles. The van der Waals surface area contributed by atoms with Crippen LogP contribution in [0.15, 0.2) is 109 Å². The van der Waals surface area contributed by atoms with Crippen molar-refractivity contribution in [1.29, 1.82) is 0 Å². The number of halogens is 2. The number of piperazine rings is 1. The minimum Gasteiger partial charge on any atom is -0.354 e. The zero-order valence-electron chi connectivity index (χ0n) is 27.8. The number of benzene rings is 4. The first-order valence-corrected chi connectivity index (χ1v) is 17.4. The van der Waals surface area contributed by atoms with E-state index in [2.05, 4.69) is 24.1 Å². The standard InChI is InChI=1S/C38H42Cl2N6O3/c1-3-42(4-2)23-13-22-41-36(47)35-28-43(37(48)45(31-16-7-5-8-17-31)33-20-11-14-29(39)26-33)24-25-44(35)38(49)46(32-18-9-6-10-19-32)34-21-12-15-30(40)27-34/h5-12,14-21,26-27,35H,3-4,13,22-25,28H2,1-2H3,(H,41,47). The van der Waals surface area contributed by atoms with E-state index in [1.165, 1.54) is 0 Å². The van der Waals surface area contributed by atoms with Crippen LogP contribution in [-0.2, 0) is 4.79 Å². The number of nitrogens with zero attached hydrogens (tertiary/aromatic N) is 5. The number of carbonyl (C=O) groups is 3. The van der Waals surface area contributed by atoms with Gasteiger partial charge in [-0.15, -0.1) is 0 Å². The van der Waals surface area contributed by atoms with Crippen molar-refractivity contribution in [2.45, 2.75) is 26.3 Å². The van der Waals surface area contributed by atoms with Crippen LogP contribution in [0, 0.1) is 0 Å². The van der Waals surface area contributed by atoms with E-state index in [1.807, 2.05) is 72.8 Å². The number of hydrogen-bond acceptors (Lipinski definition) is 4. The molecular weight excluding hydrogens is 659 g/mol. The Hall–Kier alpha value is -4.57. The van der Waals surface area contributed by atoms with Crippen molar-refractivity contribution in [3.8, 4) is 0 Å². The van der Waals surface area contributed by atoms with Crippen molar-refractivity contribution >= 4 is 63.9 Å². The quantitative estimate of drug-likeness (QED) is 0.161. The summed E-state index contributed by atoms with van der Waals surface area (Å²) < 4.78 is 0. The van der Waals surface area contributed by atoms with Gasteiger partial charge in [0.05, 0.1) is 29.3 Å². The molecule has 5 amide bonds. The van der Waals surface area contributed by atoms with Crippen LogP contribution in [0.3, 0.4) is 0 Å². The molecule has 11 heteroatoms. The highest BCUT2D eigenvalue weighted by molar-refractivity contribution is 6.31. The average Bonchev–Trinajstić information content (AvgIpc) is 3.12. The lowest BCUT2D eigenvalue weighted by molar-refractivity contribution is -0.126. The van der Waals surface area contributed by atoms with Gasteiger partial charge in [0.1, 0.15) is 6.04 Å². The molecule has 1 unspecified atom stereocenters. The molecule has 9 nitrogen and oxygen atoms in total. The van der Waals surface area contributed by atoms with Gasteiger partial charge in [-0.1, -0.05) is 85.6 Å². The molecule has 4 aromatic rings. The Morgan fingerprint density at radius 2 is 1.20 bits per heavy atom.